The third kappa shape index (κ3) is 6.49. The second-order valence-electron chi connectivity index (χ2n) is 11.7. The van der Waals surface area contributed by atoms with E-state index in [2.05, 4.69) is 56.2 Å². The Hall–Kier alpha value is -5.56. The topological polar surface area (TPSA) is 102 Å². The summed E-state index contributed by atoms with van der Waals surface area (Å²) in [4.78, 5) is 30.6. The van der Waals surface area contributed by atoms with Gasteiger partial charge in [-0.25, -0.2) is 9.97 Å². The number of aryl methyl sites for hydroxylation is 2. The molecule has 1 saturated heterocycles. The number of hydrogen-bond acceptors (Lipinski definition) is 8. The van der Waals surface area contributed by atoms with Crippen LogP contribution in [0.2, 0.25) is 0 Å². The van der Waals surface area contributed by atoms with Crippen molar-refractivity contribution in [1.29, 1.82) is 0 Å². The van der Waals surface area contributed by atoms with Crippen LogP contribution in [0, 0.1) is 6.92 Å². The smallest absolute Gasteiger partial charge is 0.416 e. The summed E-state index contributed by atoms with van der Waals surface area (Å²) >= 11 is 0. The number of amides is 1. The van der Waals surface area contributed by atoms with Crippen LogP contribution in [0.4, 0.5) is 13.2 Å². The summed E-state index contributed by atoms with van der Waals surface area (Å²) in [6, 6.07) is 20.4. The molecule has 244 valence electrons. The summed E-state index contributed by atoms with van der Waals surface area (Å²) in [5.41, 5.74) is 3.83. The minimum atomic E-state index is -4.44. The summed E-state index contributed by atoms with van der Waals surface area (Å²) in [5, 5.41) is 4.76. The SMILES string of the molecule is Cc1cccc(CN2CCN(C(=O)c3cc4ccc(Oc5cnc(-c6nc(-c7ccc(C(F)(F)F)cc7)no6)cn5)cc4n3C)CC2)c1. The lowest BCUT2D eigenvalue weighted by Crippen LogP contribution is -2.48. The molecule has 0 N–H and O–H groups in total. The number of hydrogen-bond donors (Lipinski definition) is 0. The van der Waals surface area contributed by atoms with Crippen LogP contribution in [-0.4, -0.2) is 66.6 Å². The zero-order chi connectivity index (χ0) is 33.4. The first-order valence-corrected chi connectivity index (χ1v) is 15.3. The molecular formula is C35H30F3N7O3. The highest BCUT2D eigenvalue weighted by molar-refractivity contribution is 5.99. The molecule has 7 rings (SSSR count). The van der Waals surface area contributed by atoms with E-state index in [1.165, 1.54) is 35.7 Å². The van der Waals surface area contributed by atoms with Gasteiger partial charge in [-0.3, -0.25) is 9.69 Å². The van der Waals surface area contributed by atoms with Crippen molar-refractivity contribution in [1.82, 2.24) is 34.5 Å². The van der Waals surface area contributed by atoms with E-state index in [0.29, 0.717) is 30.1 Å². The van der Waals surface area contributed by atoms with Crippen molar-refractivity contribution in [2.45, 2.75) is 19.6 Å². The molecule has 0 aliphatic carbocycles. The first kappa shape index (κ1) is 31.1. The number of alkyl halides is 3. The van der Waals surface area contributed by atoms with Crippen LogP contribution in [0.25, 0.3) is 33.9 Å². The van der Waals surface area contributed by atoms with E-state index in [1.807, 2.05) is 34.7 Å². The van der Waals surface area contributed by atoms with E-state index >= 15 is 0 Å². The molecule has 1 amide bonds. The summed E-state index contributed by atoms with van der Waals surface area (Å²) < 4.78 is 51.7. The van der Waals surface area contributed by atoms with E-state index < -0.39 is 11.7 Å². The average molecular weight is 654 g/mol. The number of fused-ring (bicyclic) bond motifs is 1. The highest BCUT2D eigenvalue weighted by atomic mass is 19.4. The highest BCUT2D eigenvalue weighted by Crippen LogP contribution is 2.31. The van der Waals surface area contributed by atoms with Crippen LogP contribution >= 0.6 is 0 Å². The Morgan fingerprint density at radius 3 is 2.44 bits per heavy atom. The van der Waals surface area contributed by atoms with Crippen molar-refractivity contribution in [3.63, 3.8) is 0 Å². The Bertz CT molecular complexity index is 2080. The molecule has 0 atom stereocenters. The molecule has 0 spiro atoms. The molecule has 6 aromatic rings. The number of nitrogens with zero attached hydrogens (tertiary/aromatic N) is 7. The number of carbonyl (C=O) groups excluding carboxylic acids is 1. The van der Waals surface area contributed by atoms with E-state index in [4.69, 9.17) is 9.26 Å². The first-order chi connectivity index (χ1) is 23.1. The molecule has 0 unspecified atom stereocenters. The Morgan fingerprint density at radius 2 is 1.73 bits per heavy atom. The molecule has 3 aromatic heterocycles. The zero-order valence-electron chi connectivity index (χ0n) is 26.1. The summed E-state index contributed by atoms with van der Waals surface area (Å²) in [6.07, 6.45) is -1.63. The van der Waals surface area contributed by atoms with Crippen molar-refractivity contribution in [2.24, 2.45) is 7.05 Å². The van der Waals surface area contributed by atoms with Crippen molar-refractivity contribution >= 4 is 16.8 Å². The van der Waals surface area contributed by atoms with Crippen LogP contribution in [0.15, 0.2) is 89.7 Å². The molecule has 1 fully saturated rings. The van der Waals surface area contributed by atoms with E-state index in [1.54, 1.807) is 6.07 Å². The molecule has 4 heterocycles. The van der Waals surface area contributed by atoms with Gasteiger partial charge in [0.15, 0.2) is 0 Å². The van der Waals surface area contributed by atoms with Gasteiger partial charge in [0.25, 0.3) is 11.8 Å². The van der Waals surface area contributed by atoms with E-state index in [0.717, 1.165) is 42.7 Å². The number of carbonyl (C=O) groups is 1. The molecule has 1 aliphatic rings. The normalized spacial score (nSPS) is 14.1. The fraction of sp³-hybridized carbons (Fsp3) is 0.229. The molecule has 0 radical (unpaired) electrons. The van der Waals surface area contributed by atoms with Crippen LogP contribution in [0.5, 0.6) is 11.6 Å². The van der Waals surface area contributed by atoms with Crippen molar-refractivity contribution in [3.8, 4) is 34.6 Å². The number of benzene rings is 3. The molecule has 0 bridgehead atoms. The van der Waals surface area contributed by atoms with Crippen LogP contribution in [0.3, 0.4) is 0 Å². The largest absolute Gasteiger partial charge is 0.437 e. The van der Waals surface area contributed by atoms with Gasteiger partial charge < -0.3 is 18.7 Å². The van der Waals surface area contributed by atoms with E-state index in [-0.39, 0.29) is 29.2 Å². The maximum Gasteiger partial charge on any atom is 0.416 e. The number of rotatable bonds is 7. The minimum Gasteiger partial charge on any atom is -0.437 e. The molecule has 3 aromatic carbocycles. The average Bonchev–Trinajstić information content (AvgIpc) is 3.70. The van der Waals surface area contributed by atoms with Crippen LogP contribution < -0.4 is 4.74 Å². The lowest BCUT2D eigenvalue weighted by atomic mass is 10.1. The van der Waals surface area contributed by atoms with Gasteiger partial charge in [-0.05, 0) is 42.8 Å². The third-order valence-electron chi connectivity index (χ3n) is 8.35. The first-order valence-electron chi connectivity index (χ1n) is 15.3. The number of halogens is 3. The predicted octanol–water partition coefficient (Wildman–Crippen LogP) is 6.76. The Kier molecular flexibility index (Phi) is 8.13. The fourth-order valence-electron chi connectivity index (χ4n) is 5.77. The van der Waals surface area contributed by atoms with Gasteiger partial charge in [0, 0.05) is 56.8 Å². The van der Waals surface area contributed by atoms with Gasteiger partial charge in [-0.1, -0.05) is 47.1 Å². The maximum absolute atomic E-state index is 13.5. The standard InChI is InChI=1S/C35H30F3N7O3/c1-22-4-3-5-23(16-22)21-44-12-14-45(15-13-44)34(46)30-17-25-8-11-27(18-29(25)43(30)2)47-31-20-39-28(19-40-31)33-41-32(42-48-33)24-6-9-26(10-7-24)35(36,37)38/h3-11,16-20H,12-15,21H2,1-2H3. The Balaban J connectivity index is 0.991. The predicted molar refractivity (Wildman–Crippen MR) is 171 cm³/mol. The van der Waals surface area contributed by atoms with Crippen LogP contribution in [0.1, 0.15) is 27.2 Å². The molecule has 13 heteroatoms. The molecule has 1 aliphatic heterocycles. The molecule has 0 saturated carbocycles. The molecule has 10 nitrogen and oxygen atoms in total. The lowest BCUT2D eigenvalue weighted by molar-refractivity contribution is -0.137. The lowest BCUT2D eigenvalue weighted by Gasteiger charge is -2.34. The molecular weight excluding hydrogens is 623 g/mol. The van der Waals surface area contributed by atoms with Crippen molar-refractivity contribution < 1.29 is 27.2 Å². The summed E-state index contributed by atoms with van der Waals surface area (Å²) in [5.74, 6) is 0.899. The van der Waals surface area contributed by atoms with Gasteiger partial charge in [0.05, 0.1) is 23.5 Å². The monoisotopic (exact) mass is 653 g/mol. The maximum atomic E-state index is 13.5. The second-order valence-corrected chi connectivity index (χ2v) is 11.7. The Morgan fingerprint density at radius 1 is 0.938 bits per heavy atom. The van der Waals surface area contributed by atoms with Gasteiger partial charge in [-0.15, -0.1) is 0 Å². The zero-order valence-corrected chi connectivity index (χ0v) is 26.1. The van der Waals surface area contributed by atoms with Crippen molar-refractivity contribution in [3.05, 3.63) is 108 Å². The Labute approximate surface area is 273 Å². The summed E-state index contributed by atoms with van der Waals surface area (Å²) in [7, 11) is 1.87. The van der Waals surface area contributed by atoms with Gasteiger partial charge >= 0.3 is 6.18 Å². The number of ether oxygens (including phenoxy) is 1. The molecule has 48 heavy (non-hydrogen) atoms. The number of aromatic nitrogens is 5. The van der Waals surface area contributed by atoms with Gasteiger partial charge in [0.1, 0.15) is 17.1 Å². The van der Waals surface area contributed by atoms with Gasteiger partial charge in [0.2, 0.25) is 11.7 Å². The van der Waals surface area contributed by atoms with E-state index in [9.17, 15) is 18.0 Å². The fourth-order valence-corrected chi connectivity index (χ4v) is 5.77. The second kappa shape index (κ2) is 12.6. The van der Waals surface area contributed by atoms with Crippen LogP contribution in [-0.2, 0) is 19.8 Å². The quantitative estimate of drug-likeness (QED) is 0.186. The summed E-state index contributed by atoms with van der Waals surface area (Å²) in [6.45, 7) is 5.92. The highest BCUT2D eigenvalue weighted by Gasteiger charge is 2.30. The van der Waals surface area contributed by atoms with Crippen molar-refractivity contribution in [2.75, 3.05) is 26.2 Å². The third-order valence-corrected chi connectivity index (χ3v) is 8.35. The van der Waals surface area contributed by atoms with Gasteiger partial charge in [-0.2, -0.15) is 18.2 Å². The number of piperazine rings is 1. The minimum absolute atomic E-state index is 0.00432.